The van der Waals surface area contributed by atoms with Gasteiger partial charge in [-0.1, -0.05) is 20.8 Å². The molecule has 0 heterocycles. The van der Waals surface area contributed by atoms with Gasteiger partial charge in [0.05, 0.1) is 5.92 Å². The van der Waals surface area contributed by atoms with Crippen LogP contribution in [-0.4, -0.2) is 41.6 Å². The van der Waals surface area contributed by atoms with Gasteiger partial charge in [-0.15, -0.1) is 0 Å². The number of carbonyl (C=O) groups is 2. The minimum atomic E-state index is -0.891. The van der Waals surface area contributed by atoms with Crippen LogP contribution in [0.15, 0.2) is 0 Å². The summed E-state index contributed by atoms with van der Waals surface area (Å²) < 4.78 is 0. The van der Waals surface area contributed by atoms with Crippen molar-refractivity contribution < 1.29 is 14.7 Å². The Balaban J connectivity index is 4.04. The van der Waals surface area contributed by atoms with Crippen molar-refractivity contribution in [3.05, 3.63) is 0 Å². The van der Waals surface area contributed by atoms with Gasteiger partial charge < -0.3 is 15.3 Å². The summed E-state index contributed by atoms with van der Waals surface area (Å²) in [6.07, 6.45) is 1.81. The summed E-state index contributed by atoms with van der Waals surface area (Å²) in [5.41, 5.74) is 0. The molecule has 0 aromatic rings. The molecular formula is C11H22N2O3. The molecule has 0 aliphatic heterocycles. The van der Waals surface area contributed by atoms with Gasteiger partial charge in [-0.2, -0.15) is 0 Å². The van der Waals surface area contributed by atoms with E-state index in [1.54, 1.807) is 11.8 Å². The molecule has 5 heteroatoms. The van der Waals surface area contributed by atoms with E-state index in [-0.39, 0.29) is 12.6 Å². The first-order chi connectivity index (χ1) is 7.52. The lowest BCUT2D eigenvalue weighted by Crippen LogP contribution is -2.43. The molecule has 5 nitrogen and oxygen atoms in total. The monoisotopic (exact) mass is 230 g/mol. The number of carbonyl (C=O) groups excluding carboxylic acids is 1. The topological polar surface area (TPSA) is 69.6 Å². The molecular weight excluding hydrogens is 208 g/mol. The highest BCUT2D eigenvalue weighted by Gasteiger charge is 2.15. The minimum Gasteiger partial charge on any atom is -0.481 e. The van der Waals surface area contributed by atoms with Gasteiger partial charge in [0.15, 0.2) is 0 Å². The van der Waals surface area contributed by atoms with E-state index < -0.39 is 11.9 Å². The summed E-state index contributed by atoms with van der Waals surface area (Å²) in [5, 5.41) is 11.3. The largest absolute Gasteiger partial charge is 0.481 e. The fraction of sp³-hybridized carbons (Fsp3) is 0.818. The predicted molar refractivity (Wildman–Crippen MR) is 62.4 cm³/mol. The van der Waals surface area contributed by atoms with Crippen LogP contribution in [0.25, 0.3) is 0 Å². The molecule has 0 aromatic carbocycles. The third-order valence-electron chi connectivity index (χ3n) is 2.26. The predicted octanol–water partition coefficient (Wildman–Crippen LogP) is 1.54. The van der Waals surface area contributed by atoms with Crippen molar-refractivity contribution in [1.82, 2.24) is 10.2 Å². The number of hydrogen-bond donors (Lipinski definition) is 2. The van der Waals surface area contributed by atoms with Crippen molar-refractivity contribution in [3.8, 4) is 0 Å². The number of nitrogens with zero attached hydrogens (tertiary/aromatic N) is 1. The standard InChI is InChI=1S/C11H22N2O3/c1-4-6-13(7-5-2)11(16)12-8-9(3)10(14)15/h9H,4-8H2,1-3H3,(H,12,16)(H,14,15). The van der Waals surface area contributed by atoms with E-state index in [9.17, 15) is 9.59 Å². The van der Waals surface area contributed by atoms with E-state index in [0.717, 1.165) is 12.8 Å². The van der Waals surface area contributed by atoms with Crippen LogP contribution in [0.1, 0.15) is 33.6 Å². The fourth-order valence-electron chi connectivity index (χ4n) is 1.29. The number of urea groups is 1. The SMILES string of the molecule is CCCN(CCC)C(=O)NCC(C)C(=O)O. The molecule has 2 N–H and O–H groups in total. The van der Waals surface area contributed by atoms with Gasteiger partial charge in [0.25, 0.3) is 0 Å². The van der Waals surface area contributed by atoms with Crippen LogP contribution in [0.4, 0.5) is 4.79 Å². The van der Waals surface area contributed by atoms with Gasteiger partial charge in [-0.3, -0.25) is 4.79 Å². The zero-order chi connectivity index (χ0) is 12.6. The molecule has 0 aliphatic rings. The Morgan fingerprint density at radius 3 is 2.12 bits per heavy atom. The molecule has 0 fully saturated rings. The number of nitrogens with one attached hydrogen (secondary N) is 1. The molecule has 0 aromatic heterocycles. The molecule has 0 saturated carbocycles. The maximum absolute atomic E-state index is 11.7. The summed E-state index contributed by atoms with van der Waals surface area (Å²) in [4.78, 5) is 24.0. The number of aliphatic carboxylic acids is 1. The second-order valence-electron chi connectivity index (χ2n) is 3.91. The average molecular weight is 230 g/mol. The molecule has 0 spiro atoms. The first-order valence-electron chi connectivity index (χ1n) is 5.78. The lowest BCUT2D eigenvalue weighted by Gasteiger charge is -2.22. The molecule has 0 aliphatic carbocycles. The minimum absolute atomic E-state index is 0.170. The first-order valence-corrected chi connectivity index (χ1v) is 5.78. The lowest BCUT2D eigenvalue weighted by atomic mass is 10.2. The third kappa shape index (κ3) is 5.58. The molecule has 2 amide bonds. The highest BCUT2D eigenvalue weighted by atomic mass is 16.4. The molecule has 1 atom stereocenters. The number of carboxylic acids is 1. The Kier molecular flexibility index (Phi) is 7.33. The highest BCUT2D eigenvalue weighted by Crippen LogP contribution is 1.97. The Morgan fingerprint density at radius 1 is 1.25 bits per heavy atom. The van der Waals surface area contributed by atoms with Crippen LogP contribution in [0.2, 0.25) is 0 Å². The van der Waals surface area contributed by atoms with Crippen molar-refractivity contribution >= 4 is 12.0 Å². The lowest BCUT2D eigenvalue weighted by molar-refractivity contribution is -0.140. The van der Waals surface area contributed by atoms with Crippen LogP contribution in [0.5, 0.6) is 0 Å². The van der Waals surface area contributed by atoms with Crippen LogP contribution < -0.4 is 5.32 Å². The Labute approximate surface area is 96.8 Å². The fourth-order valence-corrected chi connectivity index (χ4v) is 1.29. The normalized spacial score (nSPS) is 11.9. The Hall–Kier alpha value is -1.26. The van der Waals surface area contributed by atoms with Crippen LogP contribution in [-0.2, 0) is 4.79 Å². The van der Waals surface area contributed by atoms with Crippen molar-refractivity contribution in [2.75, 3.05) is 19.6 Å². The molecule has 1 unspecified atom stereocenters. The molecule has 0 radical (unpaired) electrons. The molecule has 16 heavy (non-hydrogen) atoms. The molecule has 0 saturated heterocycles. The van der Waals surface area contributed by atoms with Gasteiger partial charge in [-0.05, 0) is 12.8 Å². The summed E-state index contributed by atoms with van der Waals surface area (Å²) in [6, 6.07) is -0.170. The quantitative estimate of drug-likeness (QED) is 0.697. The van der Waals surface area contributed by atoms with Crippen LogP contribution in [0, 0.1) is 5.92 Å². The van der Waals surface area contributed by atoms with E-state index in [1.165, 1.54) is 0 Å². The maximum atomic E-state index is 11.7. The van der Waals surface area contributed by atoms with Gasteiger partial charge in [0, 0.05) is 19.6 Å². The van der Waals surface area contributed by atoms with Gasteiger partial charge in [-0.25, -0.2) is 4.79 Å². The van der Waals surface area contributed by atoms with Crippen LogP contribution >= 0.6 is 0 Å². The second kappa shape index (κ2) is 7.96. The van der Waals surface area contributed by atoms with E-state index in [2.05, 4.69) is 5.32 Å². The van der Waals surface area contributed by atoms with Crippen molar-refractivity contribution in [3.63, 3.8) is 0 Å². The second-order valence-corrected chi connectivity index (χ2v) is 3.91. The van der Waals surface area contributed by atoms with Gasteiger partial charge >= 0.3 is 12.0 Å². The van der Waals surface area contributed by atoms with Crippen LogP contribution in [0.3, 0.4) is 0 Å². The first kappa shape index (κ1) is 14.7. The number of amides is 2. The average Bonchev–Trinajstić information content (AvgIpc) is 2.24. The molecule has 0 rings (SSSR count). The van der Waals surface area contributed by atoms with E-state index in [4.69, 9.17) is 5.11 Å². The zero-order valence-electron chi connectivity index (χ0n) is 10.3. The van der Waals surface area contributed by atoms with Crippen molar-refractivity contribution in [2.24, 2.45) is 5.92 Å². The van der Waals surface area contributed by atoms with E-state index >= 15 is 0 Å². The van der Waals surface area contributed by atoms with Crippen molar-refractivity contribution in [2.45, 2.75) is 33.6 Å². The Bertz CT molecular complexity index is 225. The van der Waals surface area contributed by atoms with E-state index in [1.807, 2.05) is 13.8 Å². The highest BCUT2D eigenvalue weighted by molar-refractivity contribution is 5.75. The number of rotatable bonds is 7. The molecule has 0 bridgehead atoms. The smallest absolute Gasteiger partial charge is 0.317 e. The number of carboxylic acid groups (broad SMARTS) is 1. The van der Waals surface area contributed by atoms with Gasteiger partial charge in [0.2, 0.25) is 0 Å². The summed E-state index contributed by atoms with van der Waals surface area (Å²) in [7, 11) is 0. The Morgan fingerprint density at radius 2 is 1.75 bits per heavy atom. The van der Waals surface area contributed by atoms with Crippen molar-refractivity contribution in [1.29, 1.82) is 0 Å². The molecule has 94 valence electrons. The van der Waals surface area contributed by atoms with Gasteiger partial charge in [0.1, 0.15) is 0 Å². The summed E-state index contributed by atoms with van der Waals surface area (Å²) in [5.74, 6) is -1.44. The van der Waals surface area contributed by atoms with E-state index in [0.29, 0.717) is 13.1 Å². The third-order valence-corrected chi connectivity index (χ3v) is 2.26. The summed E-state index contributed by atoms with van der Waals surface area (Å²) in [6.45, 7) is 7.19. The summed E-state index contributed by atoms with van der Waals surface area (Å²) >= 11 is 0. The zero-order valence-corrected chi connectivity index (χ0v) is 10.3. The number of hydrogen-bond acceptors (Lipinski definition) is 2. The maximum Gasteiger partial charge on any atom is 0.317 e.